The van der Waals surface area contributed by atoms with Gasteiger partial charge < -0.3 is 14.5 Å². The van der Waals surface area contributed by atoms with E-state index in [0.717, 1.165) is 29.9 Å². The summed E-state index contributed by atoms with van der Waals surface area (Å²) < 4.78 is 5.75. The van der Waals surface area contributed by atoms with Crippen molar-refractivity contribution in [3.05, 3.63) is 65.7 Å². The largest absolute Gasteiger partial charge is 0.368 e. The van der Waals surface area contributed by atoms with Crippen LogP contribution >= 0.6 is 0 Å². The van der Waals surface area contributed by atoms with Crippen molar-refractivity contribution in [3.8, 4) is 0 Å². The summed E-state index contributed by atoms with van der Waals surface area (Å²) in [6.45, 7) is 6.72. The van der Waals surface area contributed by atoms with Gasteiger partial charge in [0.2, 0.25) is 0 Å². The Morgan fingerprint density at radius 3 is 2.19 bits per heavy atom. The van der Waals surface area contributed by atoms with Crippen molar-refractivity contribution in [1.29, 1.82) is 0 Å². The lowest BCUT2D eigenvalue weighted by atomic mass is 10.1. The van der Waals surface area contributed by atoms with Crippen LogP contribution in [0.1, 0.15) is 29.8 Å². The maximum Gasteiger partial charge on any atom is 0.251 e. The van der Waals surface area contributed by atoms with Gasteiger partial charge >= 0.3 is 0 Å². The monoisotopic (exact) mass is 366 g/mol. The van der Waals surface area contributed by atoms with Crippen LogP contribution in [0.5, 0.6) is 0 Å². The summed E-state index contributed by atoms with van der Waals surface area (Å²) in [6, 6.07) is 17.5. The number of ether oxygens (including phenoxy) is 1. The summed E-state index contributed by atoms with van der Waals surface area (Å²) in [5, 5.41) is 0. The van der Waals surface area contributed by atoms with E-state index in [2.05, 4.69) is 4.90 Å². The highest BCUT2D eigenvalue weighted by Crippen LogP contribution is 2.18. The standard InChI is InChI=1S/C22H26N2O3/c1-17(25)20-8-10-21(11-9-20)23-12-14-24(15-13-23)22(26)18(2)27-16-19-6-4-3-5-7-19/h3-11,18H,12-16H2,1-2H3. The van der Waals surface area contributed by atoms with E-state index in [0.29, 0.717) is 19.7 Å². The molecule has 1 fully saturated rings. The van der Waals surface area contributed by atoms with Crippen molar-refractivity contribution in [2.75, 3.05) is 31.1 Å². The Bertz CT molecular complexity index is 766. The number of hydrogen-bond acceptors (Lipinski definition) is 4. The van der Waals surface area contributed by atoms with Crippen molar-refractivity contribution in [2.24, 2.45) is 0 Å². The quantitative estimate of drug-likeness (QED) is 0.737. The Labute approximate surface area is 160 Å². The number of benzene rings is 2. The lowest BCUT2D eigenvalue weighted by Crippen LogP contribution is -2.51. The summed E-state index contributed by atoms with van der Waals surface area (Å²) in [4.78, 5) is 28.1. The maximum absolute atomic E-state index is 12.6. The normalized spacial score (nSPS) is 15.5. The highest BCUT2D eigenvalue weighted by molar-refractivity contribution is 5.94. The molecule has 0 aromatic heterocycles. The fraction of sp³-hybridized carbons (Fsp3) is 0.364. The summed E-state index contributed by atoms with van der Waals surface area (Å²) >= 11 is 0. The van der Waals surface area contributed by atoms with Crippen LogP contribution < -0.4 is 4.90 Å². The lowest BCUT2D eigenvalue weighted by molar-refractivity contribution is -0.143. The van der Waals surface area contributed by atoms with E-state index in [1.165, 1.54) is 0 Å². The molecule has 1 unspecified atom stereocenters. The van der Waals surface area contributed by atoms with Crippen LogP contribution in [0.15, 0.2) is 54.6 Å². The van der Waals surface area contributed by atoms with Crippen LogP contribution in [0.3, 0.4) is 0 Å². The molecule has 1 amide bonds. The second kappa shape index (κ2) is 8.82. The Kier molecular flexibility index (Phi) is 6.24. The van der Waals surface area contributed by atoms with Gasteiger partial charge in [0, 0.05) is 37.4 Å². The van der Waals surface area contributed by atoms with E-state index in [4.69, 9.17) is 4.74 Å². The Morgan fingerprint density at radius 2 is 1.59 bits per heavy atom. The van der Waals surface area contributed by atoms with E-state index < -0.39 is 6.10 Å². The molecule has 1 aliphatic heterocycles. The molecule has 0 spiro atoms. The second-order valence-corrected chi connectivity index (χ2v) is 6.85. The first-order valence-corrected chi connectivity index (χ1v) is 9.35. The minimum absolute atomic E-state index is 0.0394. The molecule has 2 aromatic carbocycles. The van der Waals surface area contributed by atoms with Crippen LogP contribution in [0.25, 0.3) is 0 Å². The van der Waals surface area contributed by atoms with Crippen LogP contribution in [-0.2, 0) is 16.1 Å². The van der Waals surface area contributed by atoms with Crippen LogP contribution in [-0.4, -0.2) is 48.9 Å². The molecule has 27 heavy (non-hydrogen) atoms. The molecule has 1 heterocycles. The second-order valence-electron chi connectivity index (χ2n) is 6.85. The van der Waals surface area contributed by atoms with E-state index in [9.17, 15) is 9.59 Å². The first-order chi connectivity index (χ1) is 13.0. The first-order valence-electron chi connectivity index (χ1n) is 9.35. The fourth-order valence-electron chi connectivity index (χ4n) is 3.22. The number of carbonyl (C=O) groups excluding carboxylic acids is 2. The molecule has 142 valence electrons. The van der Waals surface area contributed by atoms with Gasteiger partial charge in [-0.25, -0.2) is 0 Å². The third kappa shape index (κ3) is 4.95. The molecule has 5 nitrogen and oxygen atoms in total. The maximum atomic E-state index is 12.6. The number of amides is 1. The SMILES string of the molecule is CC(=O)c1ccc(N2CCN(C(=O)C(C)OCc3ccccc3)CC2)cc1. The highest BCUT2D eigenvalue weighted by Gasteiger charge is 2.25. The third-order valence-corrected chi connectivity index (χ3v) is 4.92. The molecule has 1 atom stereocenters. The lowest BCUT2D eigenvalue weighted by Gasteiger charge is -2.37. The predicted octanol–water partition coefficient (Wildman–Crippen LogP) is 3.14. The molecular formula is C22H26N2O3. The van der Waals surface area contributed by atoms with E-state index >= 15 is 0 Å². The number of rotatable bonds is 6. The van der Waals surface area contributed by atoms with Crippen LogP contribution in [0, 0.1) is 0 Å². The fourth-order valence-corrected chi connectivity index (χ4v) is 3.22. The van der Waals surface area contributed by atoms with E-state index in [1.54, 1.807) is 6.92 Å². The number of hydrogen-bond donors (Lipinski definition) is 0. The average molecular weight is 366 g/mol. The average Bonchev–Trinajstić information content (AvgIpc) is 2.72. The predicted molar refractivity (Wildman–Crippen MR) is 106 cm³/mol. The Morgan fingerprint density at radius 1 is 0.963 bits per heavy atom. The van der Waals surface area contributed by atoms with E-state index in [1.807, 2.05) is 66.4 Å². The number of ketones is 1. The highest BCUT2D eigenvalue weighted by atomic mass is 16.5. The number of Topliss-reactive ketones (excluding diaryl/α,β-unsaturated/α-hetero) is 1. The molecule has 1 saturated heterocycles. The zero-order valence-electron chi connectivity index (χ0n) is 15.9. The van der Waals surface area contributed by atoms with Crippen molar-refractivity contribution in [1.82, 2.24) is 4.90 Å². The number of carbonyl (C=O) groups is 2. The van der Waals surface area contributed by atoms with Gasteiger partial charge in [0.25, 0.3) is 5.91 Å². The van der Waals surface area contributed by atoms with Gasteiger partial charge in [-0.05, 0) is 43.7 Å². The summed E-state index contributed by atoms with van der Waals surface area (Å²) in [7, 11) is 0. The minimum atomic E-state index is -0.452. The van der Waals surface area contributed by atoms with Gasteiger partial charge in [-0.15, -0.1) is 0 Å². The number of nitrogens with zero attached hydrogens (tertiary/aromatic N) is 2. The smallest absolute Gasteiger partial charge is 0.251 e. The number of piperazine rings is 1. The molecule has 2 aromatic rings. The summed E-state index contributed by atoms with van der Waals surface area (Å²) in [5.74, 6) is 0.110. The Hall–Kier alpha value is -2.66. The van der Waals surface area contributed by atoms with Gasteiger partial charge in [-0.3, -0.25) is 9.59 Å². The Balaban J connectivity index is 1.49. The zero-order chi connectivity index (χ0) is 19.2. The van der Waals surface area contributed by atoms with Crippen molar-refractivity contribution in [2.45, 2.75) is 26.6 Å². The topological polar surface area (TPSA) is 49.9 Å². The van der Waals surface area contributed by atoms with Gasteiger partial charge in [-0.1, -0.05) is 30.3 Å². The van der Waals surface area contributed by atoms with Crippen molar-refractivity contribution >= 4 is 17.4 Å². The summed E-state index contributed by atoms with van der Waals surface area (Å²) in [6.07, 6.45) is -0.452. The van der Waals surface area contributed by atoms with Crippen molar-refractivity contribution in [3.63, 3.8) is 0 Å². The number of anilines is 1. The first kappa shape index (κ1) is 19.1. The third-order valence-electron chi connectivity index (χ3n) is 4.92. The van der Waals surface area contributed by atoms with Crippen molar-refractivity contribution < 1.29 is 14.3 Å². The van der Waals surface area contributed by atoms with Gasteiger partial charge in [-0.2, -0.15) is 0 Å². The van der Waals surface area contributed by atoms with E-state index in [-0.39, 0.29) is 11.7 Å². The molecule has 0 N–H and O–H groups in total. The van der Waals surface area contributed by atoms with Gasteiger partial charge in [0.15, 0.2) is 5.78 Å². The van der Waals surface area contributed by atoms with Gasteiger partial charge in [0.05, 0.1) is 6.61 Å². The summed E-state index contributed by atoms with van der Waals surface area (Å²) in [5.41, 5.74) is 2.87. The molecule has 1 aliphatic rings. The molecular weight excluding hydrogens is 340 g/mol. The molecule has 0 saturated carbocycles. The molecule has 0 aliphatic carbocycles. The molecule has 0 radical (unpaired) electrons. The van der Waals surface area contributed by atoms with Crippen LogP contribution in [0.2, 0.25) is 0 Å². The van der Waals surface area contributed by atoms with Crippen LogP contribution in [0.4, 0.5) is 5.69 Å². The molecule has 5 heteroatoms. The molecule has 3 rings (SSSR count). The molecule has 0 bridgehead atoms. The minimum Gasteiger partial charge on any atom is -0.368 e. The zero-order valence-corrected chi connectivity index (χ0v) is 15.9. The van der Waals surface area contributed by atoms with Gasteiger partial charge in [0.1, 0.15) is 6.10 Å².